The zero-order valence-corrected chi connectivity index (χ0v) is 13.8. The van der Waals surface area contributed by atoms with Gasteiger partial charge in [-0.1, -0.05) is 6.92 Å². The first-order valence-electron chi connectivity index (χ1n) is 7.48. The van der Waals surface area contributed by atoms with Crippen LogP contribution < -0.4 is 0 Å². The van der Waals surface area contributed by atoms with Crippen molar-refractivity contribution in [2.75, 3.05) is 26.7 Å². The Labute approximate surface area is 127 Å². The van der Waals surface area contributed by atoms with Gasteiger partial charge >= 0.3 is 12.0 Å². The number of rotatable bonds is 4. The van der Waals surface area contributed by atoms with Crippen molar-refractivity contribution >= 4 is 12.0 Å². The number of urea groups is 1. The van der Waals surface area contributed by atoms with Crippen molar-refractivity contribution in [3.8, 4) is 0 Å². The zero-order valence-electron chi connectivity index (χ0n) is 13.8. The van der Waals surface area contributed by atoms with Crippen LogP contribution in [0.2, 0.25) is 0 Å². The summed E-state index contributed by atoms with van der Waals surface area (Å²) in [6.45, 7) is 9.38. The Balaban J connectivity index is 2.78. The van der Waals surface area contributed by atoms with Crippen molar-refractivity contribution in [1.29, 1.82) is 0 Å². The number of methoxy groups -OCH3 is 1. The highest BCUT2D eigenvalue weighted by Gasteiger charge is 2.34. The molecule has 0 aromatic carbocycles. The quantitative estimate of drug-likeness (QED) is 0.862. The predicted octanol–water partition coefficient (Wildman–Crippen LogP) is 2.04. The fourth-order valence-electron chi connectivity index (χ4n) is 2.61. The molecule has 1 aliphatic rings. The number of carbonyl (C=O) groups is 2. The van der Waals surface area contributed by atoms with Crippen LogP contribution in [0, 0.1) is 5.92 Å². The van der Waals surface area contributed by atoms with Gasteiger partial charge in [0.05, 0.1) is 12.5 Å². The molecular weight excluding hydrogens is 272 g/mol. The minimum atomic E-state index is -0.890. The molecule has 1 fully saturated rings. The van der Waals surface area contributed by atoms with Gasteiger partial charge < -0.3 is 19.6 Å². The van der Waals surface area contributed by atoms with Crippen molar-refractivity contribution in [3.05, 3.63) is 0 Å². The molecule has 0 radical (unpaired) electrons. The van der Waals surface area contributed by atoms with Crippen LogP contribution in [0.25, 0.3) is 0 Å². The summed E-state index contributed by atoms with van der Waals surface area (Å²) in [5.41, 5.74) is -0.405. The number of nitrogens with zero attached hydrogens (tertiary/aromatic N) is 2. The Bertz CT molecular complexity index is 378. The maximum Gasteiger partial charge on any atom is 0.320 e. The Morgan fingerprint density at radius 1 is 1.38 bits per heavy atom. The van der Waals surface area contributed by atoms with Gasteiger partial charge in [-0.3, -0.25) is 4.79 Å². The van der Waals surface area contributed by atoms with Gasteiger partial charge in [-0.05, 0) is 33.1 Å². The lowest BCUT2D eigenvalue weighted by atomic mass is 9.96. The molecular formula is C15H28N2O4. The minimum Gasteiger partial charge on any atom is -0.481 e. The molecule has 1 rings (SSSR count). The highest BCUT2D eigenvalue weighted by molar-refractivity contribution is 5.76. The number of piperidine rings is 1. The van der Waals surface area contributed by atoms with Crippen LogP contribution in [0.15, 0.2) is 0 Å². The van der Waals surface area contributed by atoms with E-state index in [-0.39, 0.29) is 25.1 Å². The van der Waals surface area contributed by atoms with Crippen molar-refractivity contribution in [2.45, 2.75) is 52.2 Å². The molecule has 2 amide bonds. The smallest absolute Gasteiger partial charge is 0.320 e. The summed E-state index contributed by atoms with van der Waals surface area (Å²) in [5.74, 6) is -0.458. The first kappa shape index (κ1) is 17.8. The molecule has 0 saturated carbocycles. The number of hydrogen-bond donors (Lipinski definition) is 1. The van der Waals surface area contributed by atoms with Crippen LogP contribution in [0.1, 0.15) is 40.5 Å². The lowest BCUT2D eigenvalue weighted by molar-refractivity contribution is -0.137. The summed E-state index contributed by atoms with van der Waals surface area (Å²) in [6, 6.07) is -0.0994. The summed E-state index contributed by atoms with van der Waals surface area (Å²) < 4.78 is 5.44. The highest BCUT2D eigenvalue weighted by atomic mass is 16.5. The van der Waals surface area contributed by atoms with E-state index in [0.717, 1.165) is 6.42 Å². The van der Waals surface area contributed by atoms with Crippen LogP contribution in [0.3, 0.4) is 0 Å². The third kappa shape index (κ3) is 4.88. The van der Waals surface area contributed by atoms with Crippen molar-refractivity contribution in [2.24, 2.45) is 5.92 Å². The molecule has 0 aliphatic carbocycles. The molecule has 1 heterocycles. The third-order valence-electron chi connectivity index (χ3n) is 4.05. The number of carboxylic acids is 1. The van der Waals surface area contributed by atoms with Crippen LogP contribution >= 0.6 is 0 Å². The van der Waals surface area contributed by atoms with Crippen molar-refractivity contribution in [3.63, 3.8) is 0 Å². The Hall–Kier alpha value is -1.30. The molecule has 122 valence electrons. The van der Waals surface area contributed by atoms with Crippen molar-refractivity contribution in [1.82, 2.24) is 9.80 Å². The first-order chi connectivity index (χ1) is 9.66. The third-order valence-corrected chi connectivity index (χ3v) is 4.05. The van der Waals surface area contributed by atoms with E-state index >= 15 is 0 Å². The Kier molecular flexibility index (Phi) is 6.01. The second kappa shape index (κ2) is 7.11. The number of amides is 2. The molecule has 2 atom stereocenters. The molecule has 0 bridgehead atoms. The van der Waals surface area contributed by atoms with Crippen LogP contribution in [0.4, 0.5) is 4.79 Å². The van der Waals surface area contributed by atoms with E-state index in [0.29, 0.717) is 19.0 Å². The number of likely N-dealkylation sites (tertiary alicyclic amines) is 1. The van der Waals surface area contributed by atoms with E-state index in [2.05, 4.69) is 6.92 Å². The van der Waals surface area contributed by atoms with Gasteiger partial charge in [-0.25, -0.2) is 4.79 Å². The second-order valence-electron chi connectivity index (χ2n) is 6.73. The van der Waals surface area contributed by atoms with E-state index in [9.17, 15) is 9.59 Å². The summed E-state index contributed by atoms with van der Waals surface area (Å²) >= 11 is 0. The summed E-state index contributed by atoms with van der Waals surface area (Å²) in [7, 11) is 1.67. The van der Waals surface area contributed by atoms with Crippen LogP contribution in [-0.2, 0) is 9.53 Å². The molecule has 6 nitrogen and oxygen atoms in total. The van der Waals surface area contributed by atoms with Gasteiger partial charge in [0.1, 0.15) is 0 Å². The predicted molar refractivity (Wildman–Crippen MR) is 80.3 cm³/mol. The van der Waals surface area contributed by atoms with E-state index in [1.807, 2.05) is 20.8 Å². The maximum atomic E-state index is 12.7. The lowest BCUT2D eigenvalue weighted by Crippen LogP contribution is -2.56. The normalized spacial score (nSPS) is 23.0. The molecule has 1 saturated heterocycles. The molecule has 0 spiro atoms. The number of aliphatic carboxylic acids is 1. The minimum absolute atomic E-state index is 0.0407. The van der Waals surface area contributed by atoms with Crippen LogP contribution in [-0.4, -0.2) is 65.3 Å². The zero-order chi connectivity index (χ0) is 16.2. The van der Waals surface area contributed by atoms with E-state index in [1.165, 1.54) is 0 Å². The first-order valence-corrected chi connectivity index (χ1v) is 7.48. The van der Waals surface area contributed by atoms with Gasteiger partial charge in [0, 0.05) is 32.3 Å². The second-order valence-corrected chi connectivity index (χ2v) is 6.73. The fraction of sp³-hybridized carbons (Fsp3) is 0.867. The number of carbonyl (C=O) groups excluding carboxylic acids is 1. The number of hydrogen-bond acceptors (Lipinski definition) is 3. The Morgan fingerprint density at radius 3 is 2.48 bits per heavy atom. The molecule has 0 aromatic heterocycles. The SMILES string of the molecule is COC1CN(C(=O)N(CCC(=O)O)C(C)(C)C)CCC1C. The van der Waals surface area contributed by atoms with Crippen molar-refractivity contribution < 1.29 is 19.4 Å². The maximum absolute atomic E-state index is 12.7. The van der Waals surface area contributed by atoms with E-state index in [4.69, 9.17) is 9.84 Å². The average molecular weight is 300 g/mol. The van der Waals surface area contributed by atoms with Gasteiger partial charge in [0.2, 0.25) is 0 Å². The average Bonchev–Trinajstić information content (AvgIpc) is 2.37. The topological polar surface area (TPSA) is 70.1 Å². The Morgan fingerprint density at radius 2 is 2.00 bits per heavy atom. The number of ether oxygens (including phenoxy) is 1. The molecule has 21 heavy (non-hydrogen) atoms. The van der Waals surface area contributed by atoms with Gasteiger partial charge in [0.15, 0.2) is 0 Å². The lowest BCUT2D eigenvalue weighted by Gasteiger charge is -2.43. The summed E-state index contributed by atoms with van der Waals surface area (Å²) in [6.07, 6.45) is 0.909. The van der Waals surface area contributed by atoms with Gasteiger partial charge in [0.25, 0.3) is 0 Å². The fourth-order valence-corrected chi connectivity index (χ4v) is 2.61. The highest BCUT2D eigenvalue weighted by Crippen LogP contribution is 2.23. The van der Waals surface area contributed by atoms with E-state index in [1.54, 1.807) is 16.9 Å². The molecule has 0 aromatic rings. The summed E-state index contributed by atoms with van der Waals surface area (Å²) in [4.78, 5) is 27.0. The number of carboxylic acid groups (broad SMARTS) is 1. The summed E-state index contributed by atoms with van der Waals surface area (Å²) in [5, 5.41) is 8.86. The van der Waals surface area contributed by atoms with Gasteiger partial charge in [-0.15, -0.1) is 0 Å². The molecule has 1 aliphatic heterocycles. The van der Waals surface area contributed by atoms with Crippen LogP contribution in [0.5, 0.6) is 0 Å². The van der Waals surface area contributed by atoms with E-state index < -0.39 is 11.5 Å². The molecule has 2 unspecified atom stereocenters. The monoisotopic (exact) mass is 300 g/mol. The standard InChI is InChI=1S/C15H28N2O4/c1-11-6-8-16(10-12(11)21-5)14(20)17(15(2,3)4)9-7-13(18)19/h11-12H,6-10H2,1-5H3,(H,18,19). The molecule has 6 heteroatoms. The molecule has 1 N–H and O–H groups in total. The largest absolute Gasteiger partial charge is 0.481 e. The van der Waals surface area contributed by atoms with Gasteiger partial charge in [-0.2, -0.15) is 0 Å².